The van der Waals surface area contributed by atoms with Crippen LogP contribution in [0.5, 0.6) is 11.5 Å². The number of nitrogens with zero attached hydrogens (tertiary/aromatic N) is 4. The number of halogens is 2. The van der Waals surface area contributed by atoms with Gasteiger partial charge in [0, 0.05) is 30.8 Å². The van der Waals surface area contributed by atoms with Crippen molar-refractivity contribution in [1.82, 2.24) is 19.6 Å². The lowest BCUT2D eigenvalue weighted by Crippen LogP contribution is -2.43. The van der Waals surface area contributed by atoms with Crippen LogP contribution in [0.25, 0.3) is 10.8 Å². The van der Waals surface area contributed by atoms with Crippen molar-refractivity contribution in [1.29, 1.82) is 0 Å². The van der Waals surface area contributed by atoms with E-state index in [-0.39, 0.29) is 35.3 Å². The SMILES string of the molecule is CCN(CC)CCCCCCOc1ccc(CN2C(=O)c3cc(Br)c4c5c(cc(Br)c(c35)C2=O)C(=O)N(Cc2ccc(OCCCCCCN(CC)CC)cc2)C4=O)cc1. The molecule has 0 bridgehead atoms. The summed E-state index contributed by atoms with van der Waals surface area (Å²) in [6.07, 6.45) is 8.93. The van der Waals surface area contributed by atoms with E-state index in [1.165, 1.54) is 35.5 Å². The number of rotatable bonds is 24. The van der Waals surface area contributed by atoms with E-state index in [1.54, 1.807) is 12.1 Å². The van der Waals surface area contributed by atoms with E-state index in [2.05, 4.69) is 69.4 Å². The first-order valence-electron chi connectivity index (χ1n) is 21.7. The summed E-state index contributed by atoms with van der Waals surface area (Å²) in [6.45, 7) is 16.8. The van der Waals surface area contributed by atoms with Crippen LogP contribution < -0.4 is 9.47 Å². The molecular weight excluding hydrogens is 888 g/mol. The minimum atomic E-state index is -0.500. The van der Waals surface area contributed by atoms with Gasteiger partial charge in [-0.05, 0) is 144 Å². The van der Waals surface area contributed by atoms with Crippen LogP contribution in [-0.2, 0) is 13.1 Å². The summed E-state index contributed by atoms with van der Waals surface area (Å²) < 4.78 is 12.7. The highest BCUT2D eigenvalue weighted by molar-refractivity contribution is 9.10. The lowest BCUT2D eigenvalue weighted by Gasteiger charge is -2.33. The second-order valence-corrected chi connectivity index (χ2v) is 17.3. The van der Waals surface area contributed by atoms with Gasteiger partial charge in [0.1, 0.15) is 11.5 Å². The highest BCUT2D eigenvalue weighted by atomic mass is 79.9. The number of hydrogen-bond donors (Lipinski definition) is 0. The first-order chi connectivity index (χ1) is 29.1. The zero-order valence-electron chi connectivity index (χ0n) is 35.5. The molecule has 0 fully saturated rings. The Morgan fingerprint density at radius 3 is 1.18 bits per heavy atom. The number of ether oxygens (including phenoxy) is 2. The van der Waals surface area contributed by atoms with Crippen LogP contribution in [0.2, 0.25) is 0 Å². The molecule has 0 unspecified atom stereocenters. The van der Waals surface area contributed by atoms with E-state index in [9.17, 15) is 19.2 Å². The van der Waals surface area contributed by atoms with E-state index in [1.807, 2.05) is 48.5 Å². The van der Waals surface area contributed by atoms with E-state index >= 15 is 0 Å². The maximum absolute atomic E-state index is 14.1. The van der Waals surface area contributed by atoms with Gasteiger partial charge >= 0.3 is 0 Å². The Morgan fingerprint density at radius 1 is 0.483 bits per heavy atom. The lowest BCUT2D eigenvalue weighted by molar-refractivity contribution is 0.0576. The van der Waals surface area contributed by atoms with Crippen molar-refractivity contribution in [3.05, 3.63) is 103 Å². The zero-order valence-corrected chi connectivity index (χ0v) is 38.7. The molecule has 6 rings (SSSR count). The summed E-state index contributed by atoms with van der Waals surface area (Å²) in [5.74, 6) is -0.514. The molecule has 4 aromatic carbocycles. The number of carbonyl (C=O) groups excluding carboxylic acids is 4. The van der Waals surface area contributed by atoms with Crippen LogP contribution in [0.15, 0.2) is 69.6 Å². The van der Waals surface area contributed by atoms with Crippen LogP contribution in [0.4, 0.5) is 0 Å². The van der Waals surface area contributed by atoms with E-state index < -0.39 is 23.6 Å². The Bertz CT molecular complexity index is 2000. The fourth-order valence-corrected chi connectivity index (χ4v) is 9.34. The van der Waals surface area contributed by atoms with Crippen LogP contribution in [0, 0.1) is 0 Å². The predicted molar refractivity (Wildman–Crippen MR) is 244 cm³/mol. The molecule has 0 atom stereocenters. The monoisotopic (exact) mass is 944 g/mol. The fraction of sp³-hybridized carbons (Fsp3) is 0.458. The van der Waals surface area contributed by atoms with Crippen molar-refractivity contribution < 1.29 is 28.7 Å². The summed E-state index contributed by atoms with van der Waals surface area (Å²) in [5.41, 5.74) is 2.53. The van der Waals surface area contributed by atoms with Crippen molar-refractivity contribution >= 4 is 66.3 Å². The van der Waals surface area contributed by atoms with Crippen LogP contribution >= 0.6 is 31.9 Å². The summed E-state index contributed by atoms with van der Waals surface area (Å²) in [5, 5.41) is 0.625. The van der Waals surface area contributed by atoms with E-state index in [4.69, 9.17) is 9.47 Å². The molecule has 0 saturated heterocycles. The Hall–Kier alpha value is -4.10. The molecule has 0 spiro atoms. The van der Waals surface area contributed by atoms with Gasteiger partial charge in [-0.2, -0.15) is 0 Å². The largest absolute Gasteiger partial charge is 0.494 e. The highest BCUT2D eigenvalue weighted by Gasteiger charge is 2.42. The molecule has 0 N–H and O–H groups in total. The molecule has 0 aliphatic carbocycles. The topological polar surface area (TPSA) is 99.7 Å². The van der Waals surface area contributed by atoms with Gasteiger partial charge in [-0.3, -0.25) is 29.0 Å². The number of amides is 4. The highest BCUT2D eigenvalue weighted by Crippen LogP contribution is 2.44. The lowest BCUT2D eigenvalue weighted by atomic mass is 9.85. The van der Waals surface area contributed by atoms with Gasteiger partial charge in [0.05, 0.1) is 37.4 Å². The molecule has 4 amide bonds. The molecule has 0 radical (unpaired) electrons. The minimum Gasteiger partial charge on any atom is -0.494 e. The van der Waals surface area contributed by atoms with Crippen LogP contribution in [0.3, 0.4) is 0 Å². The van der Waals surface area contributed by atoms with Gasteiger partial charge in [-0.1, -0.05) is 77.6 Å². The molecule has 10 nitrogen and oxygen atoms in total. The van der Waals surface area contributed by atoms with Gasteiger partial charge in [-0.15, -0.1) is 0 Å². The van der Waals surface area contributed by atoms with Gasteiger partial charge in [0.15, 0.2) is 0 Å². The smallest absolute Gasteiger partial charge is 0.262 e. The third-order valence-electron chi connectivity index (χ3n) is 11.8. The average molecular weight is 947 g/mol. The molecule has 0 aromatic heterocycles. The molecule has 4 aromatic rings. The number of unbranched alkanes of at least 4 members (excludes halogenated alkanes) is 6. The molecule has 2 aliphatic rings. The van der Waals surface area contributed by atoms with Crippen LogP contribution in [0.1, 0.15) is 132 Å². The number of hydrogen-bond acceptors (Lipinski definition) is 8. The number of carbonyl (C=O) groups is 4. The normalized spacial score (nSPS) is 13.7. The summed E-state index contributed by atoms with van der Waals surface area (Å²) in [6, 6.07) is 18.1. The Balaban J connectivity index is 1.08. The van der Waals surface area contributed by atoms with Gasteiger partial charge in [0.25, 0.3) is 23.6 Å². The van der Waals surface area contributed by atoms with Gasteiger partial charge in [0.2, 0.25) is 0 Å². The third-order valence-corrected chi connectivity index (χ3v) is 13.0. The standard InChI is InChI=1S/C48H58Br2N4O6/c1-5-51(6-2)25-13-9-11-15-27-59-35-21-17-33(18-22-35)31-53-45(55)37-29-40(50)44-42-38(30-39(49)43(41(37)42)47(53)57)46(56)54(48(44)58)32-34-19-23-36(24-20-34)60-28-16-12-10-14-26-52(7-3)8-4/h17-24,29-30H,5-16,25-28,31-32H2,1-4H3. The molecule has 2 aliphatic heterocycles. The van der Waals surface area contributed by atoms with Gasteiger partial charge in [-0.25, -0.2) is 0 Å². The number of imide groups is 2. The summed E-state index contributed by atoms with van der Waals surface area (Å²) >= 11 is 7.14. The molecular formula is C48H58Br2N4O6. The first kappa shape index (κ1) is 45.4. The van der Waals surface area contributed by atoms with Crippen molar-refractivity contribution in [2.75, 3.05) is 52.5 Å². The molecule has 0 saturated carbocycles. The molecule has 60 heavy (non-hydrogen) atoms. The predicted octanol–water partition coefficient (Wildman–Crippen LogP) is 10.5. The van der Waals surface area contributed by atoms with Crippen molar-refractivity contribution in [2.24, 2.45) is 0 Å². The van der Waals surface area contributed by atoms with Gasteiger partial charge < -0.3 is 19.3 Å². The van der Waals surface area contributed by atoms with Crippen LogP contribution in [-0.4, -0.2) is 95.7 Å². The second kappa shape index (κ2) is 21.6. The van der Waals surface area contributed by atoms with Crippen molar-refractivity contribution in [3.63, 3.8) is 0 Å². The first-order valence-corrected chi connectivity index (χ1v) is 23.3. The average Bonchev–Trinajstić information content (AvgIpc) is 3.25. The Kier molecular flexibility index (Phi) is 16.4. The van der Waals surface area contributed by atoms with E-state index in [0.717, 1.165) is 87.6 Å². The zero-order chi connectivity index (χ0) is 42.8. The Labute approximate surface area is 371 Å². The molecule has 320 valence electrons. The third kappa shape index (κ3) is 10.5. The quantitative estimate of drug-likeness (QED) is 0.0506. The Morgan fingerprint density at radius 2 is 0.833 bits per heavy atom. The van der Waals surface area contributed by atoms with E-state index in [0.29, 0.717) is 32.9 Å². The fourth-order valence-electron chi connectivity index (χ4n) is 8.15. The molecule has 2 heterocycles. The summed E-state index contributed by atoms with van der Waals surface area (Å²) in [4.78, 5) is 63.8. The second-order valence-electron chi connectivity index (χ2n) is 15.6. The maximum atomic E-state index is 14.1. The van der Waals surface area contributed by atoms with Crippen molar-refractivity contribution in [3.8, 4) is 11.5 Å². The maximum Gasteiger partial charge on any atom is 0.262 e. The molecule has 12 heteroatoms. The summed E-state index contributed by atoms with van der Waals surface area (Å²) in [7, 11) is 0. The van der Waals surface area contributed by atoms with Crippen molar-refractivity contribution in [2.45, 2.75) is 92.2 Å². The number of benzene rings is 4. The minimum absolute atomic E-state index is 0.0473.